The van der Waals surface area contributed by atoms with E-state index in [0.29, 0.717) is 17.9 Å². The zero-order valence-electron chi connectivity index (χ0n) is 8.88. The van der Waals surface area contributed by atoms with Crippen LogP contribution in [0.15, 0.2) is 30.0 Å². The molecular formula is C10H11N5OS. The van der Waals surface area contributed by atoms with Crippen molar-refractivity contribution < 1.29 is 4.79 Å². The number of carbonyl (C=O) groups is 1. The Kier molecular flexibility index (Phi) is 3.63. The van der Waals surface area contributed by atoms with E-state index in [4.69, 9.17) is 5.84 Å². The number of carbonyl (C=O) groups excluding carboxylic acids is 1. The summed E-state index contributed by atoms with van der Waals surface area (Å²) in [6.45, 7) is 0.450. The van der Waals surface area contributed by atoms with Crippen molar-refractivity contribution in [3.8, 4) is 0 Å². The Morgan fingerprint density at radius 1 is 1.53 bits per heavy atom. The lowest BCUT2D eigenvalue weighted by molar-refractivity contribution is 0.0946. The van der Waals surface area contributed by atoms with Crippen LogP contribution in [-0.4, -0.2) is 15.9 Å². The van der Waals surface area contributed by atoms with Crippen molar-refractivity contribution >= 4 is 22.9 Å². The molecule has 7 heteroatoms. The number of nitrogens with two attached hydrogens (primary N) is 1. The van der Waals surface area contributed by atoms with Gasteiger partial charge in [0.15, 0.2) is 0 Å². The molecule has 6 nitrogen and oxygen atoms in total. The summed E-state index contributed by atoms with van der Waals surface area (Å²) in [5.41, 5.74) is 5.15. The van der Waals surface area contributed by atoms with Crippen LogP contribution < -0.4 is 16.6 Å². The first-order valence-electron chi connectivity index (χ1n) is 4.88. The van der Waals surface area contributed by atoms with Gasteiger partial charge in [-0.2, -0.15) is 0 Å². The monoisotopic (exact) mass is 249 g/mol. The van der Waals surface area contributed by atoms with E-state index in [1.54, 1.807) is 23.8 Å². The second-order valence-electron chi connectivity index (χ2n) is 3.22. The Morgan fingerprint density at radius 3 is 3.12 bits per heavy atom. The lowest BCUT2D eigenvalue weighted by Gasteiger charge is -2.04. The average molecular weight is 249 g/mol. The number of rotatable bonds is 4. The van der Waals surface area contributed by atoms with Crippen molar-refractivity contribution in [1.82, 2.24) is 15.3 Å². The van der Waals surface area contributed by atoms with Gasteiger partial charge >= 0.3 is 0 Å². The maximum atomic E-state index is 11.8. The molecular weight excluding hydrogens is 238 g/mol. The molecule has 0 saturated heterocycles. The molecule has 2 rings (SSSR count). The third-order valence-corrected chi connectivity index (χ3v) is 2.85. The van der Waals surface area contributed by atoms with E-state index in [-0.39, 0.29) is 5.91 Å². The SMILES string of the molecule is NNc1ccnc(C(=O)NCc2cncs2)c1. The van der Waals surface area contributed by atoms with Gasteiger partial charge in [0.1, 0.15) is 5.69 Å². The fourth-order valence-corrected chi connectivity index (χ4v) is 1.77. The lowest BCUT2D eigenvalue weighted by atomic mass is 10.3. The highest BCUT2D eigenvalue weighted by atomic mass is 32.1. The van der Waals surface area contributed by atoms with Gasteiger partial charge in [0.05, 0.1) is 17.7 Å². The van der Waals surface area contributed by atoms with Crippen LogP contribution in [0.5, 0.6) is 0 Å². The van der Waals surface area contributed by atoms with Crippen LogP contribution in [0.4, 0.5) is 5.69 Å². The topological polar surface area (TPSA) is 92.9 Å². The maximum absolute atomic E-state index is 11.8. The minimum absolute atomic E-state index is 0.240. The highest BCUT2D eigenvalue weighted by molar-refractivity contribution is 7.09. The fraction of sp³-hybridized carbons (Fsp3) is 0.100. The molecule has 2 aromatic rings. The third kappa shape index (κ3) is 2.99. The van der Waals surface area contributed by atoms with E-state index in [1.807, 2.05) is 0 Å². The van der Waals surface area contributed by atoms with E-state index in [0.717, 1.165) is 4.88 Å². The quantitative estimate of drug-likeness (QED) is 0.549. The Bertz CT molecular complexity index is 499. The number of hydrogen-bond acceptors (Lipinski definition) is 6. The van der Waals surface area contributed by atoms with Crippen molar-refractivity contribution in [1.29, 1.82) is 0 Å². The number of anilines is 1. The minimum atomic E-state index is -0.240. The highest BCUT2D eigenvalue weighted by Gasteiger charge is 2.07. The molecule has 88 valence electrons. The predicted octanol–water partition coefficient (Wildman–Crippen LogP) is 0.754. The van der Waals surface area contributed by atoms with Crippen LogP contribution in [-0.2, 0) is 6.54 Å². The Labute approximate surface area is 102 Å². The maximum Gasteiger partial charge on any atom is 0.270 e. The van der Waals surface area contributed by atoms with E-state index in [9.17, 15) is 4.79 Å². The van der Waals surface area contributed by atoms with E-state index in [2.05, 4.69) is 20.7 Å². The van der Waals surface area contributed by atoms with Gasteiger partial charge < -0.3 is 10.7 Å². The third-order valence-electron chi connectivity index (χ3n) is 2.07. The normalized spacial score (nSPS) is 9.94. The average Bonchev–Trinajstić information content (AvgIpc) is 2.89. The number of nitrogens with one attached hydrogen (secondary N) is 2. The molecule has 4 N–H and O–H groups in total. The van der Waals surface area contributed by atoms with E-state index >= 15 is 0 Å². The summed E-state index contributed by atoms with van der Waals surface area (Å²) < 4.78 is 0. The van der Waals surface area contributed by atoms with Gasteiger partial charge in [-0.1, -0.05) is 0 Å². The lowest BCUT2D eigenvalue weighted by Crippen LogP contribution is -2.23. The van der Waals surface area contributed by atoms with Gasteiger partial charge in [-0.25, -0.2) is 0 Å². The summed E-state index contributed by atoms with van der Waals surface area (Å²) in [7, 11) is 0. The number of hydrogen-bond donors (Lipinski definition) is 3. The van der Waals surface area contributed by atoms with E-state index in [1.165, 1.54) is 17.5 Å². The first kappa shape index (κ1) is 11.5. The molecule has 0 fully saturated rings. The number of nitrogen functional groups attached to an aromatic ring is 1. The molecule has 2 heterocycles. The number of thiazole rings is 1. The molecule has 2 aromatic heterocycles. The number of nitrogens with zero attached hydrogens (tertiary/aromatic N) is 2. The number of aromatic nitrogens is 2. The summed E-state index contributed by atoms with van der Waals surface area (Å²) in [4.78, 5) is 20.6. The standard InChI is InChI=1S/C10H11N5OS/c11-15-7-1-2-13-9(3-7)10(16)14-5-8-4-12-6-17-8/h1-4,6H,5,11H2,(H,13,15)(H,14,16). The van der Waals surface area contributed by atoms with Crippen molar-refractivity contribution in [3.63, 3.8) is 0 Å². The Morgan fingerprint density at radius 2 is 2.41 bits per heavy atom. The molecule has 0 aliphatic heterocycles. The molecule has 0 bridgehead atoms. The van der Waals surface area contributed by atoms with Gasteiger partial charge in [-0.05, 0) is 12.1 Å². The predicted molar refractivity (Wildman–Crippen MR) is 65.3 cm³/mol. The Balaban J connectivity index is 1.99. The molecule has 0 aromatic carbocycles. The Hall–Kier alpha value is -1.99. The van der Waals surface area contributed by atoms with Crippen LogP contribution >= 0.6 is 11.3 Å². The molecule has 0 aliphatic rings. The summed E-state index contributed by atoms with van der Waals surface area (Å²) >= 11 is 1.49. The molecule has 1 amide bonds. The minimum Gasteiger partial charge on any atom is -0.346 e. The number of hydrazine groups is 1. The molecule has 0 radical (unpaired) electrons. The molecule has 17 heavy (non-hydrogen) atoms. The first-order valence-corrected chi connectivity index (χ1v) is 5.76. The molecule has 0 unspecified atom stereocenters. The number of amides is 1. The van der Waals surface area contributed by atoms with Crippen LogP contribution in [0.3, 0.4) is 0 Å². The zero-order chi connectivity index (χ0) is 12.1. The van der Waals surface area contributed by atoms with Crippen LogP contribution in [0.2, 0.25) is 0 Å². The van der Waals surface area contributed by atoms with Crippen molar-refractivity contribution in [2.75, 3.05) is 5.43 Å². The smallest absolute Gasteiger partial charge is 0.270 e. The van der Waals surface area contributed by atoms with Gasteiger partial charge in [0.25, 0.3) is 5.91 Å². The second kappa shape index (κ2) is 5.37. The van der Waals surface area contributed by atoms with Gasteiger partial charge in [0.2, 0.25) is 0 Å². The highest BCUT2D eigenvalue weighted by Crippen LogP contribution is 2.07. The van der Waals surface area contributed by atoms with E-state index < -0.39 is 0 Å². The molecule has 0 aliphatic carbocycles. The summed E-state index contributed by atoms with van der Waals surface area (Å²) in [6, 6.07) is 3.27. The van der Waals surface area contributed by atoms with Gasteiger partial charge in [0, 0.05) is 17.3 Å². The molecule has 0 saturated carbocycles. The largest absolute Gasteiger partial charge is 0.346 e. The summed E-state index contributed by atoms with van der Waals surface area (Å²) in [5.74, 6) is 5.01. The van der Waals surface area contributed by atoms with Gasteiger partial charge in [-0.15, -0.1) is 11.3 Å². The van der Waals surface area contributed by atoms with Gasteiger partial charge in [-0.3, -0.25) is 20.6 Å². The summed E-state index contributed by atoms with van der Waals surface area (Å²) in [6.07, 6.45) is 3.24. The number of pyridine rings is 1. The molecule has 0 spiro atoms. The summed E-state index contributed by atoms with van der Waals surface area (Å²) in [5, 5.41) is 2.75. The van der Waals surface area contributed by atoms with Crippen LogP contribution in [0, 0.1) is 0 Å². The van der Waals surface area contributed by atoms with Crippen LogP contribution in [0.25, 0.3) is 0 Å². The van der Waals surface area contributed by atoms with Crippen molar-refractivity contribution in [3.05, 3.63) is 40.6 Å². The van der Waals surface area contributed by atoms with Crippen LogP contribution in [0.1, 0.15) is 15.4 Å². The second-order valence-corrected chi connectivity index (χ2v) is 4.20. The van der Waals surface area contributed by atoms with Crippen molar-refractivity contribution in [2.24, 2.45) is 5.84 Å². The molecule has 0 atom stereocenters. The fourth-order valence-electron chi connectivity index (χ4n) is 1.23. The zero-order valence-corrected chi connectivity index (χ0v) is 9.70. The van der Waals surface area contributed by atoms with Crippen molar-refractivity contribution in [2.45, 2.75) is 6.54 Å². The first-order chi connectivity index (χ1) is 8.29.